The van der Waals surface area contributed by atoms with Gasteiger partial charge in [-0.15, -0.1) is 0 Å². The quantitative estimate of drug-likeness (QED) is 0.710. The number of aryl methyl sites for hydroxylation is 1. The van der Waals surface area contributed by atoms with E-state index >= 15 is 0 Å². The number of hydrogen-bond donors (Lipinski definition) is 1. The smallest absolute Gasteiger partial charge is 0.233 e. The molecule has 0 bridgehead atoms. The van der Waals surface area contributed by atoms with Crippen molar-refractivity contribution in [3.8, 4) is 5.69 Å². The number of para-hydroxylation sites is 1. The predicted octanol–water partition coefficient (Wildman–Crippen LogP) is 4.08. The highest BCUT2D eigenvalue weighted by atomic mass is 32.2. The standard InChI is InChI=1S/C22H23N3O2S/c1-3-17(16-10-5-4-6-11-16)22(26)23-21-18-13-28(27)14-19(18)24-25(21)20-12-8-7-9-15(20)2/h4-12,17H,3,13-14H2,1-2H3,(H,23,26)/t17-,28+/m1/s1. The van der Waals surface area contributed by atoms with Crippen LogP contribution in [0.4, 0.5) is 5.82 Å². The number of benzene rings is 2. The highest BCUT2D eigenvalue weighted by Crippen LogP contribution is 2.33. The van der Waals surface area contributed by atoms with Crippen LogP contribution in [0, 0.1) is 6.92 Å². The first-order valence-electron chi connectivity index (χ1n) is 9.46. The Morgan fingerprint density at radius 1 is 1.14 bits per heavy atom. The number of fused-ring (bicyclic) bond motifs is 1. The Balaban J connectivity index is 1.74. The van der Waals surface area contributed by atoms with Gasteiger partial charge in [0, 0.05) is 16.4 Å². The van der Waals surface area contributed by atoms with Crippen molar-refractivity contribution in [2.45, 2.75) is 37.7 Å². The third-order valence-electron chi connectivity index (χ3n) is 5.18. The Morgan fingerprint density at radius 3 is 2.57 bits per heavy atom. The van der Waals surface area contributed by atoms with Crippen LogP contribution in [0.3, 0.4) is 0 Å². The number of nitrogens with zero attached hydrogens (tertiary/aromatic N) is 2. The fourth-order valence-electron chi connectivity index (χ4n) is 3.69. The van der Waals surface area contributed by atoms with Crippen LogP contribution < -0.4 is 5.32 Å². The van der Waals surface area contributed by atoms with Crippen molar-refractivity contribution < 1.29 is 9.00 Å². The van der Waals surface area contributed by atoms with Gasteiger partial charge in [0.25, 0.3) is 0 Å². The van der Waals surface area contributed by atoms with Gasteiger partial charge in [-0.05, 0) is 30.5 Å². The van der Waals surface area contributed by atoms with Gasteiger partial charge in [0.1, 0.15) is 5.82 Å². The molecule has 0 aliphatic carbocycles. The molecule has 6 heteroatoms. The summed E-state index contributed by atoms with van der Waals surface area (Å²) in [5.41, 5.74) is 4.67. The second-order valence-corrected chi connectivity index (χ2v) is 8.52. The average molecular weight is 394 g/mol. The average Bonchev–Trinajstić information content (AvgIpc) is 3.21. The molecular formula is C22H23N3O2S. The normalized spacial score (nSPS) is 16.6. The van der Waals surface area contributed by atoms with Gasteiger partial charge in [-0.3, -0.25) is 9.00 Å². The van der Waals surface area contributed by atoms with Gasteiger partial charge in [-0.25, -0.2) is 4.68 Å². The minimum atomic E-state index is -0.959. The number of anilines is 1. The molecule has 0 unspecified atom stereocenters. The summed E-state index contributed by atoms with van der Waals surface area (Å²) in [5, 5.41) is 7.81. The first-order chi connectivity index (χ1) is 13.6. The topological polar surface area (TPSA) is 64.0 Å². The number of nitrogens with one attached hydrogen (secondary N) is 1. The van der Waals surface area contributed by atoms with Crippen LogP contribution >= 0.6 is 0 Å². The third kappa shape index (κ3) is 3.40. The van der Waals surface area contributed by atoms with Crippen LogP contribution in [-0.2, 0) is 27.1 Å². The minimum absolute atomic E-state index is 0.0658. The molecule has 28 heavy (non-hydrogen) atoms. The van der Waals surface area contributed by atoms with Gasteiger partial charge in [-0.1, -0.05) is 55.5 Å². The summed E-state index contributed by atoms with van der Waals surface area (Å²) in [6, 6.07) is 17.7. The molecule has 1 N–H and O–H groups in total. The molecule has 1 aliphatic rings. The molecule has 0 fully saturated rings. The van der Waals surface area contributed by atoms with Crippen molar-refractivity contribution in [2.24, 2.45) is 0 Å². The Hall–Kier alpha value is -2.73. The maximum atomic E-state index is 13.2. The van der Waals surface area contributed by atoms with Crippen molar-refractivity contribution in [1.82, 2.24) is 9.78 Å². The van der Waals surface area contributed by atoms with E-state index in [0.717, 1.165) is 28.1 Å². The van der Waals surface area contributed by atoms with E-state index in [1.54, 1.807) is 4.68 Å². The van der Waals surface area contributed by atoms with Gasteiger partial charge >= 0.3 is 0 Å². The van der Waals surface area contributed by atoms with Crippen LogP contribution in [0.15, 0.2) is 54.6 Å². The van der Waals surface area contributed by atoms with Gasteiger partial charge < -0.3 is 5.32 Å². The zero-order valence-corrected chi connectivity index (χ0v) is 16.8. The molecule has 1 aromatic heterocycles. The maximum absolute atomic E-state index is 13.2. The fourth-order valence-corrected chi connectivity index (χ4v) is 4.96. The third-order valence-corrected chi connectivity index (χ3v) is 6.39. The molecule has 3 aromatic rings. The number of amides is 1. The minimum Gasteiger partial charge on any atom is -0.310 e. The summed E-state index contributed by atoms with van der Waals surface area (Å²) in [6.45, 7) is 4.03. The second-order valence-electron chi connectivity index (χ2n) is 7.06. The largest absolute Gasteiger partial charge is 0.310 e. The Morgan fingerprint density at radius 2 is 1.86 bits per heavy atom. The van der Waals surface area contributed by atoms with Crippen molar-refractivity contribution in [3.05, 3.63) is 77.0 Å². The summed E-state index contributed by atoms with van der Waals surface area (Å²) in [7, 11) is -0.959. The lowest BCUT2D eigenvalue weighted by Crippen LogP contribution is -2.23. The summed E-state index contributed by atoms with van der Waals surface area (Å²) in [4.78, 5) is 13.2. The lowest BCUT2D eigenvalue weighted by atomic mass is 9.95. The Labute approximate surface area is 167 Å². The molecule has 4 rings (SSSR count). The van der Waals surface area contributed by atoms with Gasteiger partial charge in [0.15, 0.2) is 0 Å². The first-order valence-corrected chi connectivity index (χ1v) is 10.9. The number of carbonyl (C=O) groups excluding carboxylic acids is 1. The number of carbonyl (C=O) groups is 1. The second kappa shape index (κ2) is 7.72. The molecule has 1 aliphatic heterocycles. The molecule has 2 atom stereocenters. The Kier molecular flexibility index (Phi) is 5.13. The van der Waals surface area contributed by atoms with Crippen molar-refractivity contribution in [3.63, 3.8) is 0 Å². The molecule has 1 amide bonds. The van der Waals surface area contributed by atoms with Crippen LogP contribution in [0.25, 0.3) is 5.69 Å². The highest BCUT2D eigenvalue weighted by molar-refractivity contribution is 7.83. The van der Waals surface area contributed by atoms with Crippen LogP contribution in [0.2, 0.25) is 0 Å². The van der Waals surface area contributed by atoms with E-state index in [1.807, 2.05) is 68.4 Å². The van der Waals surface area contributed by atoms with E-state index < -0.39 is 10.8 Å². The summed E-state index contributed by atoms with van der Waals surface area (Å²) in [5.74, 6) is 1.20. The summed E-state index contributed by atoms with van der Waals surface area (Å²) in [6.07, 6.45) is 0.697. The van der Waals surface area contributed by atoms with Gasteiger partial charge in [-0.2, -0.15) is 5.10 Å². The maximum Gasteiger partial charge on any atom is 0.233 e. The van der Waals surface area contributed by atoms with E-state index in [4.69, 9.17) is 5.10 Å². The lowest BCUT2D eigenvalue weighted by Gasteiger charge is -2.17. The highest BCUT2D eigenvalue weighted by Gasteiger charge is 2.30. The number of aromatic nitrogens is 2. The van der Waals surface area contributed by atoms with Crippen molar-refractivity contribution >= 4 is 22.5 Å². The SMILES string of the molecule is CC[C@@H](C(=O)Nc1c2c(nn1-c1ccccc1C)C[S@@](=O)C2)c1ccccc1. The zero-order valence-electron chi connectivity index (χ0n) is 16.0. The molecule has 0 radical (unpaired) electrons. The monoisotopic (exact) mass is 393 g/mol. The molecule has 0 saturated heterocycles. The first kappa shape index (κ1) is 18.6. The molecule has 144 valence electrons. The van der Waals surface area contributed by atoms with Crippen molar-refractivity contribution in [1.29, 1.82) is 0 Å². The van der Waals surface area contributed by atoms with E-state index in [1.165, 1.54) is 0 Å². The molecule has 2 heterocycles. The summed E-state index contributed by atoms with van der Waals surface area (Å²) >= 11 is 0. The van der Waals surface area contributed by atoms with E-state index in [0.29, 0.717) is 23.7 Å². The molecule has 2 aromatic carbocycles. The molecular weight excluding hydrogens is 370 g/mol. The molecule has 0 spiro atoms. The van der Waals surface area contributed by atoms with Gasteiger partial charge in [0.05, 0.1) is 28.8 Å². The van der Waals surface area contributed by atoms with Crippen LogP contribution in [0.1, 0.15) is 41.6 Å². The number of rotatable bonds is 5. The molecule has 5 nitrogen and oxygen atoms in total. The van der Waals surface area contributed by atoms with Crippen molar-refractivity contribution in [2.75, 3.05) is 5.32 Å². The van der Waals surface area contributed by atoms with Crippen LogP contribution in [0.5, 0.6) is 0 Å². The van der Waals surface area contributed by atoms with Crippen LogP contribution in [-0.4, -0.2) is 19.9 Å². The van der Waals surface area contributed by atoms with E-state index in [9.17, 15) is 9.00 Å². The summed E-state index contributed by atoms with van der Waals surface area (Å²) < 4.78 is 13.9. The Bertz CT molecular complexity index is 1040. The van der Waals surface area contributed by atoms with Gasteiger partial charge in [0.2, 0.25) is 5.91 Å². The van der Waals surface area contributed by atoms with E-state index in [2.05, 4.69) is 5.32 Å². The fraction of sp³-hybridized carbons (Fsp3) is 0.273. The number of hydrogen-bond acceptors (Lipinski definition) is 3. The lowest BCUT2D eigenvalue weighted by molar-refractivity contribution is -0.117. The van der Waals surface area contributed by atoms with E-state index in [-0.39, 0.29) is 11.8 Å². The molecule has 0 saturated carbocycles. The predicted molar refractivity (Wildman–Crippen MR) is 112 cm³/mol. The zero-order chi connectivity index (χ0) is 19.7.